The quantitative estimate of drug-likeness (QED) is 0.934. The molecule has 23 heavy (non-hydrogen) atoms. The van der Waals surface area contributed by atoms with Crippen LogP contribution in [-0.2, 0) is 6.54 Å². The summed E-state index contributed by atoms with van der Waals surface area (Å²) in [6.45, 7) is 7.74. The number of aryl methyl sites for hydroxylation is 3. The van der Waals surface area contributed by atoms with E-state index < -0.39 is 0 Å². The lowest BCUT2D eigenvalue weighted by Crippen LogP contribution is -2.35. The predicted octanol–water partition coefficient (Wildman–Crippen LogP) is 3.89. The Morgan fingerprint density at radius 1 is 1.35 bits per heavy atom. The van der Waals surface area contributed by atoms with Crippen molar-refractivity contribution in [1.29, 1.82) is 0 Å². The van der Waals surface area contributed by atoms with Crippen LogP contribution in [0, 0.1) is 13.8 Å². The number of benzene rings is 1. The molecule has 1 fully saturated rings. The maximum atomic E-state index is 12.8. The third-order valence-electron chi connectivity index (χ3n) is 4.54. The summed E-state index contributed by atoms with van der Waals surface area (Å²) in [6, 6.07) is 8.24. The molecule has 2 heterocycles. The minimum atomic E-state index is -0.0231. The van der Waals surface area contributed by atoms with Crippen molar-refractivity contribution >= 4 is 11.7 Å². The summed E-state index contributed by atoms with van der Waals surface area (Å²) < 4.78 is 1.98. The number of nitrogens with zero attached hydrogens (tertiary/aromatic N) is 3. The monoisotopic (exact) mass is 312 g/mol. The second kappa shape index (κ2) is 6.44. The van der Waals surface area contributed by atoms with E-state index in [-0.39, 0.29) is 12.1 Å². The summed E-state index contributed by atoms with van der Waals surface area (Å²) in [5, 5.41) is 7.42. The molecule has 1 aromatic carbocycles. The van der Waals surface area contributed by atoms with Gasteiger partial charge in [-0.25, -0.2) is 4.79 Å². The van der Waals surface area contributed by atoms with Crippen LogP contribution < -0.4 is 5.32 Å². The van der Waals surface area contributed by atoms with Crippen LogP contribution in [0.2, 0.25) is 0 Å². The van der Waals surface area contributed by atoms with Crippen molar-refractivity contribution in [3.05, 3.63) is 47.3 Å². The second-order valence-corrected chi connectivity index (χ2v) is 6.17. The molecule has 3 rings (SSSR count). The average Bonchev–Trinajstić information content (AvgIpc) is 3.18. The van der Waals surface area contributed by atoms with Crippen LogP contribution in [-0.4, -0.2) is 27.3 Å². The van der Waals surface area contributed by atoms with Gasteiger partial charge in [-0.2, -0.15) is 5.10 Å². The summed E-state index contributed by atoms with van der Waals surface area (Å²) in [6.07, 6.45) is 3.84. The zero-order valence-electron chi connectivity index (χ0n) is 14.0. The van der Waals surface area contributed by atoms with Gasteiger partial charge in [0.2, 0.25) is 0 Å². The molecule has 122 valence electrons. The Kier molecular flexibility index (Phi) is 4.37. The molecule has 1 N–H and O–H groups in total. The molecule has 2 amide bonds. The summed E-state index contributed by atoms with van der Waals surface area (Å²) in [5.41, 5.74) is 4.25. The van der Waals surface area contributed by atoms with Gasteiger partial charge < -0.3 is 10.2 Å². The topological polar surface area (TPSA) is 50.2 Å². The fraction of sp³-hybridized carbons (Fsp3) is 0.444. The Labute approximate surface area is 137 Å². The highest BCUT2D eigenvalue weighted by Crippen LogP contribution is 2.32. The van der Waals surface area contributed by atoms with E-state index in [0.29, 0.717) is 0 Å². The molecule has 5 heteroatoms. The molecule has 0 bridgehead atoms. The number of hydrogen-bond acceptors (Lipinski definition) is 2. The van der Waals surface area contributed by atoms with Crippen molar-refractivity contribution in [2.75, 3.05) is 11.9 Å². The number of nitrogens with one attached hydrogen (secondary N) is 1. The number of amides is 2. The fourth-order valence-corrected chi connectivity index (χ4v) is 3.27. The maximum absolute atomic E-state index is 12.8. The van der Waals surface area contributed by atoms with Gasteiger partial charge in [0.25, 0.3) is 0 Å². The van der Waals surface area contributed by atoms with Crippen molar-refractivity contribution in [1.82, 2.24) is 14.7 Å². The largest absolute Gasteiger partial charge is 0.322 e. The Morgan fingerprint density at radius 3 is 2.96 bits per heavy atom. The number of rotatable bonds is 3. The molecule has 2 aromatic rings. The molecule has 1 unspecified atom stereocenters. The fourth-order valence-electron chi connectivity index (χ4n) is 3.27. The van der Waals surface area contributed by atoms with Gasteiger partial charge in [-0.1, -0.05) is 12.1 Å². The van der Waals surface area contributed by atoms with Crippen LogP contribution >= 0.6 is 0 Å². The Morgan fingerprint density at radius 2 is 2.17 bits per heavy atom. The van der Waals surface area contributed by atoms with Crippen LogP contribution in [0.25, 0.3) is 0 Å². The lowest BCUT2D eigenvalue weighted by atomic mass is 10.1. The number of carbonyl (C=O) groups excluding carboxylic acids is 1. The first kappa shape index (κ1) is 15.6. The SMILES string of the molecule is CCn1nccc1C1CCCN1C(=O)Nc1cc(C)ccc1C. The number of carbonyl (C=O) groups is 1. The van der Waals surface area contributed by atoms with Crippen molar-refractivity contribution in [3.8, 4) is 0 Å². The Balaban J connectivity index is 1.80. The highest BCUT2D eigenvalue weighted by molar-refractivity contribution is 5.90. The Hall–Kier alpha value is -2.30. The molecule has 0 spiro atoms. The summed E-state index contributed by atoms with van der Waals surface area (Å²) in [7, 11) is 0. The zero-order valence-corrected chi connectivity index (χ0v) is 14.0. The van der Waals surface area contributed by atoms with E-state index in [0.717, 1.165) is 48.4 Å². The summed E-state index contributed by atoms with van der Waals surface area (Å²) in [4.78, 5) is 14.7. The van der Waals surface area contributed by atoms with Gasteiger partial charge in [0.15, 0.2) is 0 Å². The first-order chi connectivity index (χ1) is 11.1. The van der Waals surface area contributed by atoms with Crippen molar-refractivity contribution in [3.63, 3.8) is 0 Å². The average molecular weight is 312 g/mol. The third-order valence-corrected chi connectivity index (χ3v) is 4.54. The van der Waals surface area contributed by atoms with Crippen LogP contribution in [0.4, 0.5) is 10.5 Å². The molecular weight excluding hydrogens is 288 g/mol. The summed E-state index contributed by atoms with van der Waals surface area (Å²) >= 11 is 0. The van der Waals surface area contributed by atoms with Gasteiger partial charge in [0.1, 0.15) is 0 Å². The van der Waals surface area contributed by atoms with E-state index in [1.54, 1.807) is 0 Å². The molecule has 0 saturated carbocycles. The van der Waals surface area contributed by atoms with Crippen molar-refractivity contribution in [2.45, 2.75) is 46.2 Å². The van der Waals surface area contributed by atoms with Crippen LogP contribution in [0.3, 0.4) is 0 Å². The molecule has 1 atom stereocenters. The van der Waals surface area contributed by atoms with E-state index >= 15 is 0 Å². The minimum Gasteiger partial charge on any atom is -0.316 e. The van der Waals surface area contributed by atoms with Gasteiger partial charge >= 0.3 is 6.03 Å². The van der Waals surface area contributed by atoms with Crippen molar-refractivity contribution in [2.24, 2.45) is 0 Å². The second-order valence-electron chi connectivity index (χ2n) is 6.17. The molecule has 1 aromatic heterocycles. The standard InChI is InChI=1S/C18H24N4O/c1-4-22-17(9-10-19-22)16-6-5-11-21(16)18(23)20-15-12-13(2)7-8-14(15)3/h7-10,12,16H,4-6,11H2,1-3H3,(H,20,23). The normalized spacial score (nSPS) is 17.5. The number of urea groups is 1. The van der Waals surface area contributed by atoms with Crippen LogP contribution in [0.15, 0.2) is 30.5 Å². The van der Waals surface area contributed by atoms with E-state index in [4.69, 9.17) is 0 Å². The molecule has 5 nitrogen and oxygen atoms in total. The number of likely N-dealkylation sites (tertiary alicyclic amines) is 1. The van der Waals surface area contributed by atoms with Gasteiger partial charge in [-0.3, -0.25) is 4.68 Å². The number of hydrogen-bond donors (Lipinski definition) is 1. The summed E-state index contributed by atoms with van der Waals surface area (Å²) in [5.74, 6) is 0. The van der Waals surface area contributed by atoms with E-state index in [9.17, 15) is 4.79 Å². The highest BCUT2D eigenvalue weighted by Gasteiger charge is 2.32. The number of anilines is 1. The predicted molar refractivity (Wildman–Crippen MR) is 91.5 cm³/mol. The van der Waals surface area contributed by atoms with Gasteiger partial charge in [-0.05, 0) is 56.9 Å². The lowest BCUT2D eigenvalue weighted by Gasteiger charge is -2.26. The van der Waals surface area contributed by atoms with Crippen LogP contribution in [0.5, 0.6) is 0 Å². The molecule has 0 aliphatic carbocycles. The molecular formula is C18H24N4O. The van der Waals surface area contributed by atoms with E-state index in [1.165, 1.54) is 0 Å². The molecule has 1 saturated heterocycles. The lowest BCUT2D eigenvalue weighted by molar-refractivity contribution is 0.204. The third kappa shape index (κ3) is 3.09. The van der Waals surface area contributed by atoms with E-state index in [2.05, 4.69) is 23.4 Å². The van der Waals surface area contributed by atoms with Gasteiger partial charge in [0, 0.05) is 25.0 Å². The first-order valence-corrected chi connectivity index (χ1v) is 8.26. The zero-order chi connectivity index (χ0) is 16.4. The Bertz CT molecular complexity index is 707. The highest BCUT2D eigenvalue weighted by atomic mass is 16.2. The maximum Gasteiger partial charge on any atom is 0.322 e. The smallest absolute Gasteiger partial charge is 0.316 e. The molecule has 1 aliphatic heterocycles. The first-order valence-electron chi connectivity index (χ1n) is 8.26. The van der Waals surface area contributed by atoms with E-state index in [1.807, 2.05) is 47.8 Å². The molecule has 0 radical (unpaired) electrons. The minimum absolute atomic E-state index is 0.0231. The van der Waals surface area contributed by atoms with Crippen LogP contribution in [0.1, 0.15) is 42.6 Å². The molecule has 1 aliphatic rings. The van der Waals surface area contributed by atoms with Crippen molar-refractivity contribution < 1.29 is 4.79 Å². The van der Waals surface area contributed by atoms with Gasteiger partial charge in [0.05, 0.1) is 11.7 Å². The van der Waals surface area contributed by atoms with Gasteiger partial charge in [-0.15, -0.1) is 0 Å². The number of aromatic nitrogens is 2.